The van der Waals surface area contributed by atoms with Gasteiger partial charge in [0, 0.05) is 22.2 Å². The van der Waals surface area contributed by atoms with Crippen molar-refractivity contribution in [2.45, 2.75) is 13.0 Å². The average Bonchev–Trinajstić information content (AvgIpc) is 2.62. The SMILES string of the molecule is CC(OC(=O)C=Cc1cc(Br)ccc1F)C(=O)Nc1ccccc1[N+](=O)[O-]. The predicted octanol–water partition coefficient (Wildman–Crippen LogP) is 4.08. The summed E-state index contributed by atoms with van der Waals surface area (Å²) in [5.74, 6) is -2.12. The van der Waals surface area contributed by atoms with E-state index >= 15 is 0 Å². The third kappa shape index (κ3) is 5.71. The van der Waals surface area contributed by atoms with E-state index in [0.717, 1.165) is 6.08 Å². The molecule has 0 aliphatic heterocycles. The summed E-state index contributed by atoms with van der Waals surface area (Å²) in [5, 5.41) is 13.3. The van der Waals surface area contributed by atoms with Gasteiger partial charge in [-0.2, -0.15) is 0 Å². The molecule has 140 valence electrons. The number of para-hydroxylation sites is 2. The summed E-state index contributed by atoms with van der Waals surface area (Å²) < 4.78 is 19.2. The number of carbonyl (C=O) groups is 2. The number of amides is 1. The number of ether oxygens (including phenoxy) is 1. The second-order valence-electron chi connectivity index (χ2n) is 5.34. The highest BCUT2D eigenvalue weighted by atomic mass is 79.9. The van der Waals surface area contributed by atoms with Gasteiger partial charge in [-0.15, -0.1) is 0 Å². The summed E-state index contributed by atoms with van der Waals surface area (Å²) in [6, 6.07) is 9.81. The molecule has 0 spiro atoms. The number of nitrogens with one attached hydrogen (secondary N) is 1. The van der Waals surface area contributed by atoms with E-state index in [1.807, 2.05) is 0 Å². The lowest BCUT2D eigenvalue weighted by Crippen LogP contribution is -2.29. The molecule has 27 heavy (non-hydrogen) atoms. The maximum absolute atomic E-state index is 13.6. The molecule has 0 radical (unpaired) electrons. The number of halogens is 2. The van der Waals surface area contributed by atoms with Crippen molar-refractivity contribution in [2.24, 2.45) is 0 Å². The number of nitro groups is 1. The van der Waals surface area contributed by atoms with Crippen molar-refractivity contribution < 1.29 is 23.6 Å². The van der Waals surface area contributed by atoms with Crippen LogP contribution in [0.2, 0.25) is 0 Å². The quantitative estimate of drug-likeness (QED) is 0.318. The van der Waals surface area contributed by atoms with E-state index in [0.29, 0.717) is 4.47 Å². The third-order valence-electron chi connectivity index (χ3n) is 3.38. The molecule has 9 heteroatoms. The first-order chi connectivity index (χ1) is 12.8. The van der Waals surface area contributed by atoms with Crippen LogP contribution in [0.25, 0.3) is 6.08 Å². The van der Waals surface area contributed by atoms with E-state index in [4.69, 9.17) is 4.74 Å². The first kappa shape index (κ1) is 20.2. The van der Waals surface area contributed by atoms with Crippen LogP contribution in [0, 0.1) is 15.9 Å². The molecule has 1 atom stereocenters. The summed E-state index contributed by atoms with van der Waals surface area (Å²) in [4.78, 5) is 34.2. The molecule has 0 saturated heterocycles. The number of nitrogens with zero attached hydrogens (tertiary/aromatic N) is 1. The van der Waals surface area contributed by atoms with E-state index in [9.17, 15) is 24.1 Å². The monoisotopic (exact) mass is 436 g/mol. The Bertz CT molecular complexity index is 916. The lowest BCUT2D eigenvalue weighted by Gasteiger charge is -2.12. The predicted molar refractivity (Wildman–Crippen MR) is 100 cm³/mol. The van der Waals surface area contributed by atoms with Gasteiger partial charge in [-0.1, -0.05) is 28.1 Å². The van der Waals surface area contributed by atoms with Crippen LogP contribution >= 0.6 is 15.9 Å². The van der Waals surface area contributed by atoms with Gasteiger partial charge in [-0.05, 0) is 37.3 Å². The van der Waals surface area contributed by atoms with Crippen LogP contribution in [0.1, 0.15) is 12.5 Å². The first-order valence-electron chi connectivity index (χ1n) is 7.66. The molecule has 7 nitrogen and oxygen atoms in total. The number of carbonyl (C=O) groups excluding carboxylic acids is 2. The highest BCUT2D eigenvalue weighted by Crippen LogP contribution is 2.23. The molecule has 0 fully saturated rings. The molecule has 2 rings (SSSR count). The Morgan fingerprint density at radius 2 is 2.00 bits per heavy atom. The average molecular weight is 437 g/mol. The minimum absolute atomic E-state index is 0.0119. The molecule has 1 amide bonds. The van der Waals surface area contributed by atoms with E-state index in [1.54, 1.807) is 0 Å². The summed E-state index contributed by atoms with van der Waals surface area (Å²) >= 11 is 3.19. The van der Waals surface area contributed by atoms with Crippen molar-refractivity contribution in [2.75, 3.05) is 5.32 Å². The maximum atomic E-state index is 13.6. The number of anilines is 1. The van der Waals surface area contributed by atoms with E-state index in [2.05, 4.69) is 21.2 Å². The number of nitro benzene ring substituents is 1. The summed E-state index contributed by atoms with van der Waals surface area (Å²) in [6.07, 6.45) is 0.989. The molecule has 2 aromatic rings. The van der Waals surface area contributed by atoms with Crippen molar-refractivity contribution in [1.82, 2.24) is 0 Å². The van der Waals surface area contributed by atoms with Crippen LogP contribution in [0.15, 0.2) is 53.0 Å². The Balaban J connectivity index is 2.00. The van der Waals surface area contributed by atoms with Gasteiger partial charge in [0.2, 0.25) is 0 Å². The van der Waals surface area contributed by atoms with Crippen LogP contribution in [0.3, 0.4) is 0 Å². The molecule has 0 aliphatic rings. The van der Waals surface area contributed by atoms with Crippen molar-refractivity contribution in [1.29, 1.82) is 0 Å². The lowest BCUT2D eigenvalue weighted by molar-refractivity contribution is -0.383. The number of hydrogen-bond acceptors (Lipinski definition) is 5. The Morgan fingerprint density at radius 3 is 2.70 bits per heavy atom. The van der Waals surface area contributed by atoms with Crippen LogP contribution < -0.4 is 5.32 Å². The lowest BCUT2D eigenvalue weighted by atomic mass is 10.2. The fraction of sp³-hybridized carbons (Fsp3) is 0.111. The zero-order valence-corrected chi connectivity index (χ0v) is 15.6. The van der Waals surface area contributed by atoms with E-state index in [-0.39, 0.29) is 16.9 Å². The number of benzene rings is 2. The van der Waals surface area contributed by atoms with Gasteiger partial charge in [0.1, 0.15) is 11.5 Å². The number of rotatable bonds is 6. The van der Waals surface area contributed by atoms with Gasteiger partial charge in [0.25, 0.3) is 11.6 Å². The smallest absolute Gasteiger partial charge is 0.331 e. The van der Waals surface area contributed by atoms with Gasteiger partial charge >= 0.3 is 5.97 Å². The Morgan fingerprint density at radius 1 is 1.30 bits per heavy atom. The molecule has 0 bridgehead atoms. The summed E-state index contributed by atoms with van der Waals surface area (Å²) in [6.45, 7) is 1.32. The molecule has 0 aliphatic carbocycles. The Hall–Kier alpha value is -3.07. The number of hydrogen-bond donors (Lipinski definition) is 1. The minimum Gasteiger partial charge on any atom is -0.449 e. The van der Waals surface area contributed by atoms with Gasteiger partial charge < -0.3 is 10.1 Å². The van der Waals surface area contributed by atoms with Crippen LogP contribution in [0.4, 0.5) is 15.8 Å². The normalized spacial score (nSPS) is 11.8. The Kier molecular flexibility index (Phi) is 6.78. The van der Waals surface area contributed by atoms with Crippen LogP contribution in [-0.4, -0.2) is 22.9 Å². The van der Waals surface area contributed by atoms with E-state index < -0.39 is 28.7 Å². The Labute approximate surface area is 162 Å². The van der Waals surface area contributed by atoms with Crippen molar-refractivity contribution in [3.8, 4) is 0 Å². The zero-order chi connectivity index (χ0) is 20.0. The second-order valence-corrected chi connectivity index (χ2v) is 6.26. The third-order valence-corrected chi connectivity index (χ3v) is 3.87. The molecular weight excluding hydrogens is 423 g/mol. The minimum atomic E-state index is -1.21. The summed E-state index contributed by atoms with van der Waals surface area (Å²) in [5.41, 5.74) is -0.130. The fourth-order valence-corrected chi connectivity index (χ4v) is 2.42. The van der Waals surface area contributed by atoms with Gasteiger partial charge in [-0.3, -0.25) is 14.9 Å². The molecular formula is C18H14BrFN2O5. The molecule has 0 heterocycles. The number of esters is 1. The first-order valence-corrected chi connectivity index (χ1v) is 8.45. The van der Waals surface area contributed by atoms with Gasteiger partial charge in [-0.25, -0.2) is 9.18 Å². The molecule has 0 saturated carbocycles. The van der Waals surface area contributed by atoms with Gasteiger partial charge in [0.15, 0.2) is 6.10 Å². The molecule has 1 N–H and O–H groups in total. The standard InChI is InChI=1S/C18H14BrFN2O5/c1-11(18(24)21-15-4-2-3-5-16(15)22(25)26)27-17(23)9-6-12-10-13(19)7-8-14(12)20/h2-11H,1H3,(H,21,24). The fourth-order valence-electron chi connectivity index (χ4n) is 2.04. The van der Waals surface area contributed by atoms with Gasteiger partial charge in [0.05, 0.1) is 4.92 Å². The zero-order valence-electron chi connectivity index (χ0n) is 14.0. The van der Waals surface area contributed by atoms with Crippen LogP contribution in [0.5, 0.6) is 0 Å². The van der Waals surface area contributed by atoms with Crippen molar-refractivity contribution in [3.05, 3.63) is 74.5 Å². The van der Waals surface area contributed by atoms with E-state index in [1.165, 1.54) is 55.5 Å². The van der Waals surface area contributed by atoms with Crippen LogP contribution in [-0.2, 0) is 14.3 Å². The maximum Gasteiger partial charge on any atom is 0.331 e. The van der Waals surface area contributed by atoms with Crippen molar-refractivity contribution in [3.63, 3.8) is 0 Å². The van der Waals surface area contributed by atoms with Crippen molar-refractivity contribution >= 4 is 45.3 Å². The second kappa shape index (κ2) is 9.04. The summed E-state index contributed by atoms with van der Waals surface area (Å²) in [7, 11) is 0. The highest BCUT2D eigenvalue weighted by molar-refractivity contribution is 9.10. The highest BCUT2D eigenvalue weighted by Gasteiger charge is 2.20. The largest absolute Gasteiger partial charge is 0.449 e. The topological polar surface area (TPSA) is 98.5 Å². The molecule has 2 aromatic carbocycles. The molecule has 1 unspecified atom stereocenters. The molecule has 0 aromatic heterocycles.